The molecule has 0 radical (unpaired) electrons. The van der Waals surface area contributed by atoms with Crippen LogP contribution in [0.15, 0.2) is 0 Å². The van der Waals surface area contributed by atoms with E-state index < -0.39 is 5.54 Å². The average Bonchev–Trinajstić information content (AvgIpc) is 1.98. The molecule has 4 nitrogen and oxygen atoms in total. The molecule has 1 atom stereocenters. The Bertz CT molecular complexity index is 175. The molecule has 0 fully saturated rings. The molecule has 0 saturated heterocycles. The number of hydrogen-bond acceptors (Lipinski definition) is 3. The summed E-state index contributed by atoms with van der Waals surface area (Å²) in [6.45, 7) is 8.73. The van der Waals surface area contributed by atoms with Crippen molar-refractivity contribution in [2.45, 2.75) is 45.8 Å². The molecule has 0 aliphatic rings. The van der Waals surface area contributed by atoms with Gasteiger partial charge in [-0.3, -0.25) is 4.79 Å². The number of rotatable bonds is 6. The van der Waals surface area contributed by atoms with Gasteiger partial charge in [0.2, 0.25) is 5.91 Å². The smallest absolute Gasteiger partial charge is 0.221 e. The van der Waals surface area contributed by atoms with E-state index >= 15 is 0 Å². The summed E-state index contributed by atoms with van der Waals surface area (Å²) < 4.78 is 5.28. The first-order valence-corrected chi connectivity index (χ1v) is 5.02. The number of amides is 1. The molecule has 0 spiro atoms. The Balaban J connectivity index is 3.64. The maximum atomic E-state index is 11.3. The third kappa shape index (κ3) is 8.01. The van der Waals surface area contributed by atoms with Gasteiger partial charge in [0.1, 0.15) is 0 Å². The predicted octanol–water partition coefficient (Wildman–Crippen LogP) is 0.655. The van der Waals surface area contributed by atoms with Gasteiger partial charge in [0.15, 0.2) is 0 Å². The van der Waals surface area contributed by atoms with Crippen molar-refractivity contribution in [2.24, 2.45) is 5.73 Å². The van der Waals surface area contributed by atoms with Crippen LogP contribution in [0.5, 0.6) is 0 Å². The van der Waals surface area contributed by atoms with Crippen LogP contribution in [0.2, 0.25) is 0 Å². The highest BCUT2D eigenvalue weighted by molar-refractivity contribution is 5.77. The van der Waals surface area contributed by atoms with Crippen LogP contribution in [-0.2, 0) is 9.53 Å². The van der Waals surface area contributed by atoms with Gasteiger partial charge < -0.3 is 15.8 Å². The minimum Gasteiger partial charge on any atom is -0.377 e. The van der Waals surface area contributed by atoms with E-state index in [1.54, 1.807) is 0 Å². The van der Waals surface area contributed by atoms with Gasteiger partial charge in [-0.15, -0.1) is 0 Å². The molecule has 0 aliphatic carbocycles. The van der Waals surface area contributed by atoms with Gasteiger partial charge in [0, 0.05) is 25.1 Å². The highest BCUT2D eigenvalue weighted by Gasteiger charge is 2.16. The summed E-state index contributed by atoms with van der Waals surface area (Å²) in [4.78, 5) is 11.3. The summed E-state index contributed by atoms with van der Waals surface area (Å²) >= 11 is 0. The fourth-order valence-electron chi connectivity index (χ4n) is 1.08. The Labute approximate surface area is 86.2 Å². The van der Waals surface area contributed by atoms with Crippen molar-refractivity contribution in [3.05, 3.63) is 0 Å². The molecule has 1 unspecified atom stereocenters. The molecule has 0 heterocycles. The third-order valence-electron chi connectivity index (χ3n) is 1.65. The summed E-state index contributed by atoms with van der Waals surface area (Å²) in [6.07, 6.45) is 0.399. The zero-order valence-electron chi connectivity index (χ0n) is 9.59. The minimum absolute atomic E-state index is 0.0240. The molecule has 84 valence electrons. The van der Waals surface area contributed by atoms with Crippen molar-refractivity contribution in [1.82, 2.24) is 5.32 Å². The molecule has 0 aromatic carbocycles. The number of hydrogen-bond donors (Lipinski definition) is 2. The molecule has 0 bridgehead atoms. The molecule has 0 aliphatic heterocycles. The molecular weight excluding hydrogens is 180 g/mol. The first-order chi connectivity index (χ1) is 6.35. The molecule has 0 rings (SSSR count). The van der Waals surface area contributed by atoms with Gasteiger partial charge in [0.05, 0.1) is 6.10 Å². The Morgan fingerprint density at radius 3 is 2.57 bits per heavy atom. The van der Waals surface area contributed by atoms with Crippen LogP contribution in [0.25, 0.3) is 0 Å². The summed E-state index contributed by atoms with van der Waals surface area (Å²) in [5, 5.41) is 2.78. The van der Waals surface area contributed by atoms with Crippen molar-refractivity contribution in [1.29, 1.82) is 0 Å². The van der Waals surface area contributed by atoms with E-state index in [9.17, 15) is 4.79 Å². The van der Waals surface area contributed by atoms with Crippen molar-refractivity contribution in [3.8, 4) is 0 Å². The quantitative estimate of drug-likeness (QED) is 0.665. The van der Waals surface area contributed by atoms with Gasteiger partial charge in [-0.1, -0.05) is 0 Å². The largest absolute Gasteiger partial charge is 0.377 e. The molecule has 0 aromatic rings. The van der Waals surface area contributed by atoms with Gasteiger partial charge in [-0.2, -0.15) is 0 Å². The molecule has 1 amide bonds. The van der Waals surface area contributed by atoms with Gasteiger partial charge in [-0.05, 0) is 27.7 Å². The first-order valence-electron chi connectivity index (χ1n) is 5.02. The van der Waals surface area contributed by atoms with E-state index in [-0.39, 0.29) is 12.0 Å². The Morgan fingerprint density at radius 1 is 1.57 bits per heavy atom. The van der Waals surface area contributed by atoms with E-state index in [1.807, 2.05) is 27.7 Å². The van der Waals surface area contributed by atoms with E-state index in [0.717, 1.165) is 0 Å². The number of carbonyl (C=O) groups is 1. The predicted molar refractivity (Wildman–Crippen MR) is 57.0 cm³/mol. The number of nitrogens with one attached hydrogen (secondary N) is 1. The topological polar surface area (TPSA) is 64.3 Å². The summed E-state index contributed by atoms with van der Waals surface area (Å²) in [5.41, 5.74) is 5.26. The molecule has 3 N–H and O–H groups in total. The molecule has 4 heteroatoms. The lowest BCUT2D eigenvalue weighted by molar-refractivity contribution is -0.122. The number of carbonyl (C=O) groups excluding carboxylic acids is 1. The van der Waals surface area contributed by atoms with Crippen molar-refractivity contribution >= 4 is 5.91 Å². The summed E-state index contributed by atoms with van der Waals surface area (Å²) in [5.74, 6) is -0.0240. The van der Waals surface area contributed by atoms with Crippen molar-refractivity contribution < 1.29 is 9.53 Å². The van der Waals surface area contributed by atoms with E-state index in [0.29, 0.717) is 19.6 Å². The SMILES string of the molecule is CCOC(C)CNC(=O)CC(C)(C)N. The standard InChI is InChI=1S/C10H22N2O2/c1-5-14-8(2)7-12-9(13)6-10(3,4)11/h8H,5-7,11H2,1-4H3,(H,12,13). The van der Waals surface area contributed by atoms with E-state index in [4.69, 9.17) is 10.5 Å². The van der Waals surface area contributed by atoms with Crippen LogP contribution in [0.1, 0.15) is 34.1 Å². The van der Waals surface area contributed by atoms with Crippen LogP contribution < -0.4 is 11.1 Å². The van der Waals surface area contributed by atoms with Crippen LogP contribution in [0, 0.1) is 0 Å². The Kier molecular flexibility index (Phi) is 5.72. The fraction of sp³-hybridized carbons (Fsp3) is 0.900. The zero-order chi connectivity index (χ0) is 11.2. The van der Waals surface area contributed by atoms with Crippen molar-refractivity contribution in [2.75, 3.05) is 13.2 Å². The first kappa shape index (κ1) is 13.4. The van der Waals surface area contributed by atoms with Gasteiger partial charge >= 0.3 is 0 Å². The maximum Gasteiger partial charge on any atom is 0.221 e. The molecule has 14 heavy (non-hydrogen) atoms. The Hall–Kier alpha value is -0.610. The van der Waals surface area contributed by atoms with Gasteiger partial charge in [-0.25, -0.2) is 0 Å². The minimum atomic E-state index is -0.446. The third-order valence-corrected chi connectivity index (χ3v) is 1.65. The van der Waals surface area contributed by atoms with E-state index in [2.05, 4.69) is 5.32 Å². The van der Waals surface area contributed by atoms with E-state index in [1.165, 1.54) is 0 Å². The number of ether oxygens (including phenoxy) is 1. The monoisotopic (exact) mass is 202 g/mol. The fourth-order valence-corrected chi connectivity index (χ4v) is 1.08. The summed E-state index contributed by atoms with van der Waals surface area (Å²) in [6, 6.07) is 0. The molecule has 0 saturated carbocycles. The highest BCUT2D eigenvalue weighted by Crippen LogP contribution is 2.02. The van der Waals surface area contributed by atoms with Crippen LogP contribution >= 0.6 is 0 Å². The highest BCUT2D eigenvalue weighted by atomic mass is 16.5. The van der Waals surface area contributed by atoms with Crippen LogP contribution in [0.3, 0.4) is 0 Å². The van der Waals surface area contributed by atoms with Crippen molar-refractivity contribution in [3.63, 3.8) is 0 Å². The molecule has 0 aromatic heterocycles. The lowest BCUT2D eigenvalue weighted by Crippen LogP contribution is -2.41. The average molecular weight is 202 g/mol. The molecular formula is C10H22N2O2. The normalized spacial score (nSPS) is 13.8. The van der Waals surface area contributed by atoms with Crippen LogP contribution in [0.4, 0.5) is 0 Å². The second-order valence-electron chi connectivity index (χ2n) is 4.24. The summed E-state index contributed by atoms with van der Waals surface area (Å²) in [7, 11) is 0. The zero-order valence-corrected chi connectivity index (χ0v) is 9.59. The lowest BCUT2D eigenvalue weighted by atomic mass is 10.0. The van der Waals surface area contributed by atoms with Crippen LogP contribution in [-0.4, -0.2) is 30.7 Å². The maximum absolute atomic E-state index is 11.3. The van der Waals surface area contributed by atoms with Gasteiger partial charge in [0.25, 0.3) is 0 Å². The Morgan fingerprint density at radius 2 is 2.14 bits per heavy atom. The number of nitrogens with two attached hydrogens (primary N) is 1. The second kappa shape index (κ2) is 5.98. The lowest BCUT2D eigenvalue weighted by Gasteiger charge is -2.18. The second-order valence-corrected chi connectivity index (χ2v) is 4.24.